The van der Waals surface area contributed by atoms with E-state index >= 15 is 0 Å². The first-order valence-corrected chi connectivity index (χ1v) is 10.1. The molecule has 0 saturated carbocycles. The van der Waals surface area contributed by atoms with Crippen molar-refractivity contribution in [1.82, 2.24) is 5.32 Å². The van der Waals surface area contributed by atoms with Crippen molar-refractivity contribution in [3.63, 3.8) is 0 Å². The fourth-order valence-electron chi connectivity index (χ4n) is 2.66. The molecule has 2 aromatic rings. The van der Waals surface area contributed by atoms with Crippen LogP contribution in [0, 0.1) is 5.82 Å². The van der Waals surface area contributed by atoms with Gasteiger partial charge in [-0.15, -0.1) is 0 Å². The quantitative estimate of drug-likeness (QED) is 0.777. The molecule has 0 unspecified atom stereocenters. The Balaban J connectivity index is 1.58. The van der Waals surface area contributed by atoms with Crippen LogP contribution >= 0.6 is 0 Å². The van der Waals surface area contributed by atoms with Crippen LogP contribution in [0.3, 0.4) is 0 Å². The van der Waals surface area contributed by atoms with Crippen LogP contribution in [0.25, 0.3) is 0 Å². The molecular formula is C18H19FN2O5S. The maximum atomic E-state index is 13.4. The number of nitrogens with zero attached hydrogens (tertiary/aromatic N) is 1. The van der Waals surface area contributed by atoms with Gasteiger partial charge >= 0.3 is 0 Å². The minimum Gasteiger partial charge on any atom is -0.454 e. The molecule has 3 rings (SSSR count). The lowest BCUT2D eigenvalue weighted by Crippen LogP contribution is -2.34. The van der Waals surface area contributed by atoms with E-state index in [-0.39, 0.29) is 37.9 Å². The van der Waals surface area contributed by atoms with Gasteiger partial charge in [0, 0.05) is 19.5 Å². The molecule has 1 N–H and O–H groups in total. The predicted octanol–water partition coefficient (Wildman–Crippen LogP) is 2.03. The van der Waals surface area contributed by atoms with E-state index in [1.807, 2.05) is 6.07 Å². The van der Waals surface area contributed by atoms with Crippen LogP contribution in [0.15, 0.2) is 42.5 Å². The number of sulfonamides is 1. The number of rotatable bonds is 7. The van der Waals surface area contributed by atoms with Gasteiger partial charge in [-0.05, 0) is 35.9 Å². The van der Waals surface area contributed by atoms with E-state index in [9.17, 15) is 17.6 Å². The highest BCUT2D eigenvalue weighted by Gasteiger charge is 2.19. The second-order valence-corrected chi connectivity index (χ2v) is 7.94. The molecule has 2 aromatic carbocycles. The zero-order valence-corrected chi connectivity index (χ0v) is 15.5. The molecule has 0 radical (unpaired) electrons. The second-order valence-electron chi connectivity index (χ2n) is 6.03. The van der Waals surface area contributed by atoms with E-state index in [0.29, 0.717) is 11.5 Å². The summed E-state index contributed by atoms with van der Waals surface area (Å²) >= 11 is 0. The van der Waals surface area contributed by atoms with Gasteiger partial charge in [-0.3, -0.25) is 9.10 Å². The first-order valence-electron chi connectivity index (χ1n) is 8.21. The van der Waals surface area contributed by atoms with Crippen molar-refractivity contribution in [1.29, 1.82) is 0 Å². The zero-order chi connectivity index (χ0) is 19.4. The zero-order valence-electron chi connectivity index (χ0n) is 14.6. The maximum absolute atomic E-state index is 13.4. The van der Waals surface area contributed by atoms with Gasteiger partial charge in [0.1, 0.15) is 5.82 Å². The number of ether oxygens (including phenoxy) is 2. The highest BCUT2D eigenvalue weighted by atomic mass is 32.2. The Kier molecular flexibility index (Phi) is 5.50. The van der Waals surface area contributed by atoms with Crippen molar-refractivity contribution in [2.24, 2.45) is 0 Å². The van der Waals surface area contributed by atoms with Crippen LogP contribution in [0.1, 0.15) is 12.0 Å². The number of fused-ring (bicyclic) bond motifs is 1. The maximum Gasteiger partial charge on any atom is 0.232 e. The highest BCUT2D eigenvalue weighted by Crippen LogP contribution is 2.32. The van der Waals surface area contributed by atoms with Crippen LogP contribution < -0.4 is 19.1 Å². The van der Waals surface area contributed by atoms with E-state index in [2.05, 4.69) is 5.32 Å². The third kappa shape index (κ3) is 4.88. The topological polar surface area (TPSA) is 84.9 Å². The fourth-order valence-corrected chi connectivity index (χ4v) is 3.58. The number of amides is 1. The number of halogens is 1. The Morgan fingerprint density at radius 2 is 1.96 bits per heavy atom. The summed E-state index contributed by atoms with van der Waals surface area (Å²) < 4.78 is 48.9. The van der Waals surface area contributed by atoms with Crippen molar-refractivity contribution in [2.45, 2.75) is 13.0 Å². The minimum atomic E-state index is -3.65. The summed E-state index contributed by atoms with van der Waals surface area (Å²) in [5.41, 5.74) is 1.01. The van der Waals surface area contributed by atoms with Gasteiger partial charge in [0.05, 0.1) is 11.9 Å². The average Bonchev–Trinajstić information content (AvgIpc) is 3.07. The SMILES string of the molecule is CS(=O)(=O)N(CCC(=O)NCc1ccc2c(c1)OCO2)c1cccc(F)c1. The molecule has 1 aliphatic heterocycles. The molecule has 7 nitrogen and oxygen atoms in total. The van der Waals surface area contributed by atoms with Crippen LogP contribution in [0.4, 0.5) is 10.1 Å². The van der Waals surface area contributed by atoms with E-state index in [4.69, 9.17) is 9.47 Å². The molecule has 0 aliphatic carbocycles. The number of nitrogens with one attached hydrogen (secondary N) is 1. The molecule has 1 amide bonds. The normalized spacial score (nSPS) is 12.7. The molecule has 0 aromatic heterocycles. The molecule has 0 spiro atoms. The molecule has 1 heterocycles. The van der Waals surface area contributed by atoms with Gasteiger partial charge < -0.3 is 14.8 Å². The Morgan fingerprint density at radius 1 is 1.19 bits per heavy atom. The molecule has 0 bridgehead atoms. The van der Waals surface area contributed by atoms with Crippen molar-refractivity contribution >= 4 is 21.6 Å². The largest absolute Gasteiger partial charge is 0.454 e. The number of benzene rings is 2. The molecule has 0 fully saturated rings. The van der Waals surface area contributed by atoms with E-state index in [1.54, 1.807) is 12.1 Å². The van der Waals surface area contributed by atoms with E-state index in [0.717, 1.165) is 22.2 Å². The lowest BCUT2D eigenvalue weighted by atomic mass is 10.2. The number of carbonyl (C=O) groups excluding carboxylic acids is 1. The van der Waals surface area contributed by atoms with E-state index < -0.39 is 15.8 Å². The summed E-state index contributed by atoms with van der Waals surface area (Å²) in [5.74, 6) is 0.409. The van der Waals surface area contributed by atoms with Crippen molar-refractivity contribution in [2.75, 3.05) is 23.9 Å². The fraction of sp³-hybridized carbons (Fsp3) is 0.278. The standard InChI is InChI=1S/C18H19FN2O5S/c1-27(23,24)21(15-4-2-3-14(19)10-15)8-7-18(22)20-11-13-5-6-16-17(9-13)26-12-25-16/h2-6,9-10H,7-8,11-12H2,1H3,(H,20,22). The Bertz CT molecular complexity index is 949. The van der Waals surface area contributed by atoms with Crippen LogP contribution in [0.5, 0.6) is 11.5 Å². The third-order valence-electron chi connectivity index (χ3n) is 3.97. The van der Waals surface area contributed by atoms with Gasteiger partial charge in [-0.1, -0.05) is 12.1 Å². The van der Waals surface area contributed by atoms with Crippen molar-refractivity contribution < 1.29 is 27.1 Å². The number of anilines is 1. The molecule has 144 valence electrons. The molecular weight excluding hydrogens is 375 g/mol. The van der Waals surface area contributed by atoms with Crippen LogP contribution in [-0.2, 0) is 21.4 Å². The Hall–Kier alpha value is -2.81. The molecule has 27 heavy (non-hydrogen) atoms. The predicted molar refractivity (Wildman–Crippen MR) is 97.6 cm³/mol. The van der Waals surface area contributed by atoms with Crippen molar-refractivity contribution in [3.8, 4) is 11.5 Å². The van der Waals surface area contributed by atoms with Gasteiger partial charge in [0.25, 0.3) is 0 Å². The van der Waals surface area contributed by atoms with Gasteiger partial charge in [0.15, 0.2) is 11.5 Å². The van der Waals surface area contributed by atoms with Crippen LogP contribution in [0.2, 0.25) is 0 Å². The monoisotopic (exact) mass is 394 g/mol. The second kappa shape index (κ2) is 7.83. The third-order valence-corrected chi connectivity index (χ3v) is 5.16. The summed E-state index contributed by atoms with van der Waals surface area (Å²) in [6.07, 6.45) is 0.955. The first-order chi connectivity index (χ1) is 12.8. The Morgan fingerprint density at radius 3 is 2.70 bits per heavy atom. The van der Waals surface area contributed by atoms with Gasteiger partial charge in [0.2, 0.25) is 22.7 Å². The number of carbonyl (C=O) groups is 1. The summed E-state index contributed by atoms with van der Waals surface area (Å²) in [5, 5.41) is 2.73. The Labute approximate surface area is 156 Å². The summed E-state index contributed by atoms with van der Waals surface area (Å²) in [6, 6.07) is 10.6. The molecule has 0 atom stereocenters. The van der Waals surface area contributed by atoms with Gasteiger partial charge in [-0.25, -0.2) is 12.8 Å². The minimum absolute atomic E-state index is 0.0614. The molecule has 9 heteroatoms. The van der Waals surface area contributed by atoms with Crippen molar-refractivity contribution in [3.05, 3.63) is 53.8 Å². The molecule has 1 aliphatic rings. The van der Waals surface area contributed by atoms with Crippen LogP contribution in [-0.4, -0.2) is 33.9 Å². The highest BCUT2D eigenvalue weighted by molar-refractivity contribution is 7.92. The lowest BCUT2D eigenvalue weighted by molar-refractivity contribution is -0.121. The van der Waals surface area contributed by atoms with E-state index in [1.165, 1.54) is 18.2 Å². The lowest BCUT2D eigenvalue weighted by Gasteiger charge is -2.22. The number of hydrogen-bond donors (Lipinski definition) is 1. The first kappa shape index (κ1) is 19.0. The summed E-state index contributed by atoms with van der Waals surface area (Å²) in [4.78, 5) is 12.1. The smallest absolute Gasteiger partial charge is 0.232 e. The summed E-state index contributed by atoms with van der Waals surface area (Å²) in [7, 11) is -3.65. The summed E-state index contributed by atoms with van der Waals surface area (Å²) in [6.45, 7) is 0.357. The average molecular weight is 394 g/mol. The van der Waals surface area contributed by atoms with Gasteiger partial charge in [-0.2, -0.15) is 0 Å². The number of hydrogen-bond acceptors (Lipinski definition) is 5. The molecule has 0 saturated heterocycles.